The SMILES string of the molecule is CC.CC.O=C1Nc2ccccc2C12CC2. The highest BCUT2D eigenvalue weighted by molar-refractivity contribution is 6.08. The van der Waals surface area contributed by atoms with Crippen molar-refractivity contribution in [2.45, 2.75) is 46.0 Å². The standard InChI is InChI=1S/C10H9NO.2C2H6/c12-9-10(5-6-10)7-3-1-2-4-8(7)11-9;2*1-2/h1-4H,5-6H2,(H,11,12);2*1-2H3. The second-order valence-corrected chi connectivity index (χ2v) is 3.58. The summed E-state index contributed by atoms with van der Waals surface area (Å²) in [5.41, 5.74) is 2.10. The summed E-state index contributed by atoms with van der Waals surface area (Å²) in [6.45, 7) is 8.00. The number of anilines is 1. The highest BCUT2D eigenvalue weighted by atomic mass is 16.2. The van der Waals surface area contributed by atoms with Gasteiger partial charge in [0.15, 0.2) is 0 Å². The van der Waals surface area contributed by atoms with Crippen molar-refractivity contribution in [3.63, 3.8) is 0 Å². The lowest BCUT2D eigenvalue weighted by atomic mass is 9.98. The molecule has 1 aliphatic carbocycles. The van der Waals surface area contributed by atoms with Crippen molar-refractivity contribution < 1.29 is 4.79 Å². The summed E-state index contributed by atoms with van der Waals surface area (Å²) in [7, 11) is 0. The van der Waals surface area contributed by atoms with E-state index >= 15 is 0 Å². The Bertz CT molecular complexity index is 367. The second-order valence-electron chi connectivity index (χ2n) is 3.58. The zero-order valence-electron chi connectivity index (χ0n) is 10.6. The van der Waals surface area contributed by atoms with E-state index in [1.54, 1.807) is 0 Å². The molecule has 1 aliphatic heterocycles. The zero-order valence-corrected chi connectivity index (χ0v) is 10.6. The fourth-order valence-corrected chi connectivity index (χ4v) is 2.00. The highest BCUT2D eigenvalue weighted by Gasteiger charge is 2.55. The maximum absolute atomic E-state index is 11.5. The van der Waals surface area contributed by atoms with Gasteiger partial charge in [-0.1, -0.05) is 45.9 Å². The maximum atomic E-state index is 11.5. The van der Waals surface area contributed by atoms with E-state index in [4.69, 9.17) is 0 Å². The number of amides is 1. The van der Waals surface area contributed by atoms with Gasteiger partial charge >= 0.3 is 0 Å². The number of carbonyl (C=O) groups is 1. The molecule has 2 aliphatic rings. The van der Waals surface area contributed by atoms with Gasteiger partial charge in [-0.05, 0) is 24.5 Å². The Hall–Kier alpha value is -1.31. The lowest BCUT2D eigenvalue weighted by Gasteiger charge is -2.01. The van der Waals surface area contributed by atoms with Crippen molar-refractivity contribution in [2.75, 3.05) is 5.32 Å². The Labute approximate surface area is 98.1 Å². The van der Waals surface area contributed by atoms with Crippen LogP contribution in [0.1, 0.15) is 46.1 Å². The third kappa shape index (κ3) is 1.84. The summed E-state index contributed by atoms with van der Waals surface area (Å²) >= 11 is 0. The van der Waals surface area contributed by atoms with E-state index < -0.39 is 0 Å². The molecule has 16 heavy (non-hydrogen) atoms. The molecule has 1 heterocycles. The molecule has 1 fully saturated rings. The number of rotatable bonds is 0. The predicted octanol–water partition coefficient (Wildman–Crippen LogP) is 3.72. The predicted molar refractivity (Wildman–Crippen MR) is 68.7 cm³/mol. The monoisotopic (exact) mass is 219 g/mol. The highest BCUT2D eigenvalue weighted by Crippen LogP contribution is 2.54. The van der Waals surface area contributed by atoms with Crippen LogP contribution in [0.25, 0.3) is 0 Å². The quantitative estimate of drug-likeness (QED) is 0.708. The largest absolute Gasteiger partial charge is 0.325 e. The molecule has 1 spiro atoms. The van der Waals surface area contributed by atoms with Crippen LogP contribution in [0.2, 0.25) is 0 Å². The summed E-state index contributed by atoms with van der Waals surface area (Å²) in [5, 5.41) is 2.91. The molecule has 88 valence electrons. The van der Waals surface area contributed by atoms with E-state index in [2.05, 4.69) is 11.4 Å². The van der Waals surface area contributed by atoms with Crippen LogP contribution in [-0.2, 0) is 10.2 Å². The summed E-state index contributed by atoms with van der Waals surface area (Å²) in [4.78, 5) is 11.5. The summed E-state index contributed by atoms with van der Waals surface area (Å²) in [6.07, 6.45) is 2.05. The van der Waals surface area contributed by atoms with Gasteiger partial charge in [-0.2, -0.15) is 0 Å². The molecule has 0 bridgehead atoms. The Morgan fingerprint density at radius 2 is 1.62 bits per heavy atom. The van der Waals surface area contributed by atoms with Crippen molar-refractivity contribution >= 4 is 11.6 Å². The minimum absolute atomic E-state index is 0.114. The number of hydrogen-bond acceptors (Lipinski definition) is 1. The average molecular weight is 219 g/mol. The van der Waals surface area contributed by atoms with E-state index in [9.17, 15) is 4.79 Å². The molecule has 1 saturated carbocycles. The molecular formula is C14H21NO. The average Bonchev–Trinajstić information content (AvgIpc) is 3.11. The van der Waals surface area contributed by atoms with E-state index in [-0.39, 0.29) is 11.3 Å². The van der Waals surface area contributed by atoms with Crippen LogP contribution in [0, 0.1) is 0 Å². The van der Waals surface area contributed by atoms with Gasteiger partial charge < -0.3 is 5.32 Å². The van der Waals surface area contributed by atoms with Crippen molar-refractivity contribution in [1.82, 2.24) is 0 Å². The van der Waals surface area contributed by atoms with Crippen LogP contribution in [0.15, 0.2) is 24.3 Å². The minimum Gasteiger partial charge on any atom is -0.325 e. The Morgan fingerprint density at radius 1 is 1.06 bits per heavy atom. The lowest BCUT2D eigenvalue weighted by Crippen LogP contribution is -2.18. The van der Waals surface area contributed by atoms with Crippen LogP contribution in [0.3, 0.4) is 0 Å². The van der Waals surface area contributed by atoms with Gasteiger partial charge in [0.2, 0.25) is 5.91 Å². The van der Waals surface area contributed by atoms with Crippen molar-refractivity contribution in [1.29, 1.82) is 0 Å². The van der Waals surface area contributed by atoms with E-state index in [0.717, 1.165) is 18.5 Å². The molecule has 3 rings (SSSR count). The van der Waals surface area contributed by atoms with Crippen LogP contribution >= 0.6 is 0 Å². The van der Waals surface area contributed by atoms with Gasteiger partial charge in [-0.15, -0.1) is 0 Å². The molecule has 2 heteroatoms. The Kier molecular flexibility index (Phi) is 4.11. The molecular weight excluding hydrogens is 198 g/mol. The first kappa shape index (κ1) is 12.8. The van der Waals surface area contributed by atoms with E-state index in [1.807, 2.05) is 45.9 Å². The minimum atomic E-state index is -0.114. The number of nitrogens with one attached hydrogen (secondary N) is 1. The normalized spacial score (nSPS) is 17.4. The molecule has 1 N–H and O–H groups in total. The smallest absolute Gasteiger partial charge is 0.235 e. The van der Waals surface area contributed by atoms with Gasteiger partial charge in [-0.25, -0.2) is 0 Å². The third-order valence-electron chi connectivity index (χ3n) is 2.88. The molecule has 0 aromatic heterocycles. The lowest BCUT2D eigenvalue weighted by molar-refractivity contribution is -0.117. The maximum Gasteiger partial charge on any atom is 0.235 e. The van der Waals surface area contributed by atoms with Gasteiger partial charge in [-0.3, -0.25) is 4.79 Å². The first-order chi connectivity index (χ1) is 7.83. The van der Waals surface area contributed by atoms with Gasteiger partial charge in [0.1, 0.15) is 0 Å². The van der Waals surface area contributed by atoms with Crippen LogP contribution < -0.4 is 5.32 Å². The van der Waals surface area contributed by atoms with Crippen molar-refractivity contribution in [3.05, 3.63) is 29.8 Å². The topological polar surface area (TPSA) is 29.1 Å². The fourth-order valence-electron chi connectivity index (χ4n) is 2.00. The van der Waals surface area contributed by atoms with E-state index in [0.29, 0.717) is 0 Å². The summed E-state index contributed by atoms with van der Waals surface area (Å²) < 4.78 is 0. The number of para-hydroxylation sites is 1. The Morgan fingerprint density at radius 3 is 2.19 bits per heavy atom. The number of hydrogen-bond donors (Lipinski definition) is 1. The molecule has 0 radical (unpaired) electrons. The van der Waals surface area contributed by atoms with Crippen LogP contribution in [0.5, 0.6) is 0 Å². The fraction of sp³-hybridized carbons (Fsp3) is 0.500. The molecule has 1 amide bonds. The summed E-state index contributed by atoms with van der Waals surface area (Å²) in [6, 6.07) is 7.99. The van der Waals surface area contributed by atoms with Crippen LogP contribution in [-0.4, -0.2) is 5.91 Å². The molecule has 0 saturated heterocycles. The second kappa shape index (κ2) is 5.15. The van der Waals surface area contributed by atoms with Gasteiger partial charge in [0.25, 0.3) is 0 Å². The zero-order chi connectivity index (χ0) is 12.2. The van der Waals surface area contributed by atoms with Crippen molar-refractivity contribution in [3.8, 4) is 0 Å². The number of carbonyl (C=O) groups excluding carboxylic acids is 1. The van der Waals surface area contributed by atoms with Gasteiger partial charge in [0.05, 0.1) is 5.41 Å². The van der Waals surface area contributed by atoms with E-state index in [1.165, 1.54) is 5.56 Å². The van der Waals surface area contributed by atoms with Crippen molar-refractivity contribution in [2.24, 2.45) is 0 Å². The third-order valence-corrected chi connectivity index (χ3v) is 2.88. The molecule has 0 atom stereocenters. The number of fused-ring (bicyclic) bond motifs is 2. The first-order valence-corrected chi connectivity index (χ1v) is 6.24. The van der Waals surface area contributed by atoms with Gasteiger partial charge in [0, 0.05) is 5.69 Å². The molecule has 2 nitrogen and oxygen atoms in total. The first-order valence-electron chi connectivity index (χ1n) is 6.24. The molecule has 0 unspecified atom stereocenters. The number of benzene rings is 1. The molecule has 1 aromatic rings. The Balaban J connectivity index is 0.000000291. The molecule has 1 aromatic carbocycles. The summed E-state index contributed by atoms with van der Waals surface area (Å²) in [5.74, 6) is 0.198. The van der Waals surface area contributed by atoms with Crippen LogP contribution in [0.4, 0.5) is 5.69 Å².